The van der Waals surface area contributed by atoms with Crippen LogP contribution in [0, 0.1) is 0 Å². The van der Waals surface area contributed by atoms with Gasteiger partial charge in [0.1, 0.15) is 12.1 Å². The highest BCUT2D eigenvalue weighted by atomic mass is 31.2. The zero-order chi connectivity index (χ0) is 57.8. The molecule has 0 aromatic carbocycles. The lowest BCUT2D eigenvalue weighted by molar-refractivity contribution is -0.123. The summed E-state index contributed by atoms with van der Waals surface area (Å²) in [6, 6.07) is -0.939. The van der Waals surface area contributed by atoms with Gasteiger partial charge >= 0.3 is 51.3 Å². The fourth-order valence-corrected chi connectivity index (χ4v) is 7.25. The third-order valence-corrected chi connectivity index (χ3v) is 12.0. The lowest BCUT2D eigenvalue weighted by Gasteiger charge is -2.23. The number of unbranched alkanes of at least 4 members (excludes halogenated alkanes) is 3. The van der Waals surface area contributed by atoms with Crippen molar-refractivity contribution in [2.24, 2.45) is 0 Å². The molecule has 0 heterocycles. The number of amides is 3. The monoisotopic (exact) mass is 1180 g/mol. The first-order valence-corrected chi connectivity index (χ1v) is 31.0. The quantitative estimate of drug-likeness (QED) is 0.0226. The van der Waals surface area contributed by atoms with Crippen LogP contribution in [-0.4, -0.2) is 169 Å². The first-order chi connectivity index (χ1) is 34.5. The van der Waals surface area contributed by atoms with E-state index in [9.17, 15) is 51.9 Å². The molecule has 0 aromatic heterocycles. The lowest BCUT2D eigenvalue weighted by atomic mass is 10.1. The molecule has 8 N–H and O–H groups in total. The number of phosphoric ester groups is 5. The van der Waals surface area contributed by atoms with Gasteiger partial charge in [0, 0.05) is 27.3 Å². The van der Waals surface area contributed by atoms with Crippen molar-refractivity contribution in [3.05, 3.63) is 0 Å². The number of ether oxygens (including phenoxy) is 4. The molecule has 30 nitrogen and oxygen atoms in total. The number of nitrogens with one attached hydrogen (secondary N) is 3. The standard InChI is InChI=1S/C28H60N3O27P5.5C2H6/c1-45-27(33)30-12-8-6-10-25(31-28(34)46-2)26(32)29-11-7-5-9-13-51-63(43,44)58-24(22-56-61(39,40)54-20-16-49-14-18-52-59(35,36)47-3)23-57-62(41,42)55-21-17-50-15-19-53-60(37,38)48-4;5*1-2/h24-25H,5-23H2,1-4H3,(H,29,32)(H,30,33)(H,31,34)(H,35,36)(H,37,38)(H,39,40)(H,41,42)(H,43,44);5*1-2H3. The SMILES string of the molecule is CC.CC.CC.CC.CC.COC(=O)NCCCCC(NC(=O)OC)C(=O)NCCCCCOP(=O)(O)OC(COP(=O)(O)OCCOCCOP(=O)(O)OC)COP(=O)(O)OCCOCCOP(=O)(O)OC. The number of carbonyl (C=O) groups is 3. The normalized spacial score (nSPS) is 15.4. The second-order valence-electron chi connectivity index (χ2n) is 11.9. The molecule has 0 saturated heterocycles. The van der Waals surface area contributed by atoms with E-state index in [1.54, 1.807) is 0 Å². The molecule has 0 spiro atoms. The van der Waals surface area contributed by atoms with Crippen LogP contribution >= 0.6 is 39.1 Å². The molecule has 0 aliphatic heterocycles. The van der Waals surface area contributed by atoms with Crippen LogP contribution in [0.15, 0.2) is 0 Å². The average molecular weight is 1180 g/mol. The Labute approximate surface area is 432 Å². The van der Waals surface area contributed by atoms with Crippen molar-refractivity contribution in [2.75, 3.05) is 114 Å². The molecule has 0 bridgehead atoms. The van der Waals surface area contributed by atoms with Crippen molar-refractivity contribution in [1.82, 2.24) is 16.0 Å². The lowest BCUT2D eigenvalue weighted by Crippen LogP contribution is -2.47. The summed E-state index contributed by atoms with van der Waals surface area (Å²) in [5.74, 6) is -0.505. The average Bonchev–Trinajstić information content (AvgIpc) is 3.38. The van der Waals surface area contributed by atoms with Gasteiger partial charge in [0.2, 0.25) is 5.91 Å². The minimum atomic E-state index is -5.03. The predicted octanol–water partition coefficient (Wildman–Crippen LogP) is 6.98. The van der Waals surface area contributed by atoms with Gasteiger partial charge < -0.3 is 59.4 Å². The molecule has 6 unspecified atom stereocenters. The highest BCUT2D eigenvalue weighted by Crippen LogP contribution is 2.49. The van der Waals surface area contributed by atoms with Crippen molar-refractivity contribution < 1.29 is 126 Å². The molecule has 0 rings (SSSR count). The Morgan fingerprint density at radius 1 is 0.425 bits per heavy atom. The number of rotatable bonds is 40. The molecule has 73 heavy (non-hydrogen) atoms. The van der Waals surface area contributed by atoms with Crippen LogP contribution in [0.2, 0.25) is 0 Å². The van der Waals surface area contributed by atoms with Gasteiger partial charge in [-0.15, -0.1) is 0 Å². The van der Waals surface area contributed by atoms with Gasteiger partial charge in [-0.2, -0.15) is 0 Å². The number of carbonyl (C=O) groups excluding carboxylic acids is 3. The summed E-state index contributed by atoms with van der Waals surface area (Å²) in [6.07, 6.45) is -1.26. The van der Waals surface area contributed by atoms with Crippen LogP contribution in [0.3, 0.4) is 0 Å². The van der Waals surface area contributed by atoms with Crippen LogP contribution < -0.4 is 16.0 Å². The van der Waals surface area contributed by atoms with E-state index in [0.717, 1.165) is 21.3 Å². The zero-order valence-corrected chi connectivity index (χ0v) is 49.5. The largest absolute Gasteiger partial charge is 0.472 e. The van der Waals surface area contributed by atoms with Gasteiger partial charge in [-0.05, 0) is 38.5 Å². The minimum absolute atomic E-state index is 0.141. The van der Waals surface area contributed by atoms with E-state index in [-0.39, 0.29) is 72.2 Å². The molecule has 0 aliphatic rings. The first-order valence-electron chi connectivity index (χ1n) is 23.6. The molecular formula is C38H90N3O27P5. The summed E-state index contributed by atoms with van der Waals surface area (Å²) in [5, 5.41) is 7.58. The number of phosphoric acid groups is 5. The second kappa shape index (κ2) is 53.9. The Balaban J connectivity index is -0.00000105. The molecule has 0 saturated carbocycles. The smallest absolute Gasteiger partial charge is 0.453 e. The molecule has 0 aromatic rings. The molecule has 0 fully saturated rings. The van der Waals surface area contributed by atoms with E-state index >= 15 is 0 Å². The summed E-state index contributed by atoms with van der Waals surface area (Å²) < 4.78 is 126. The Morgan fingerprint density at radius 2 is 0.795 bits per heavy atom. The van der Waals surface area contributed by atoms with Crippen molar-refractivity contribution in [2.45, 2.75) is 120 Å². The minimum Gasteiger partial charge on any atom is -0.453 e. The zero-order valence-electron chi connectivity index (χ0n) is 45.0. The Bertz CT molecular complexity index is 1500. The molecule has 6 atom stereocenters. The van der Waals surface area contributed by atoms with Crippen LogP contribution in [0.25, 0.3) is 0 Å². The van der Waals surface area contributed by atoms with Crippen LogP contribution in [0.5, 0.6) is 0 Å². The molecule has 444 valence electrons. The second-order valence-corrected chi connectivity index (χ2v) is 19.3. The third-order valence-electron chi connectivity index (χ3n) is 7.06. The molecule has 0 aliphatic carbocycles. The number of hydrogen-bond acceptors (Lipinski definition) is 22. The fourth-order valence-electron chi connectivity index (χ4n) is 4.04. The van der Waals surface area contributed by atoms with Gasteiger partial charge in [0.25, 0.3) is 0 Å². The van der Waals surface area contributed by atoms with Gasteiger partial charge in [0.15, 0.2) is 0 Å². The molecular weight excluding hydrogens is 1090 g/mol. The summed E-state index contributed by atoms with van der Waals surface area (Å²) in [7, 11) is -19.2. The van der Waals surface area contributed by atoms with E-state index in [1.807, 2.05) is 69.2 Å². The highest BCUT2D eigenvalue weighted by Gasteiger charge is 2.33. The number of hydrogen-bond donors (Lipinski definition) is 8. The summed E-state index contributed by atoms with van der Waals surface area (Å²) in [4.78, 5) is 84.4. The molecule has 35 heteroatoms. The van der Waals surface area contributed by atoms with E-state index in [4.69, 9.17) is 46.4 Å². The third kappa shape index (κ3) is 56.5. The summed E-state index contributed by atoms with van der Waals surface area (Å²) in [6.45, 7) is 14.9. The van der Waals surface area contributed by atoms with Gasteiger partial charge in [-0.3, -0.25) is 50.0 Å². The topological polar surface area (TPSA) is 403 Å². The van der Waals surface area contributed by atoms with E-state index < -0.39 is 95.8 Å². The van der Waals surface area contributed by atoms with Crippen LogP contribution in [0.4, 0.5) is 9.59 Å². The van der Waals surface area contributed by atoms with Crippen LogP contribution in [0.1, 0.15) is 108 Å². The van der Waals surface area contributed by atoms with Crippen molar-refractivity contribution in [3.63, 3.8) is 0 Å². The number of methoxy groups -OCH3 is 2. The van der Waals surface area contributed by atoms with E-state index in [0.29, 0.717) is 25.7 Å². The van der Waals surface area contributed by atoms with Crippen LogP contribution in [-0.2, 0) is 91.8 Å². The fraction of sp³-hybridized carbons (Fsp3) is 0.921. The maximum absolute atomic E-state index is 12.8. The maximum Gasteiger partial charge on any atom is 0.472 e. The predicted molar refractivity (Wildman–Crippen MR) is 269 cm³/mol. The molecule has 3 amide bonds. The van der Waals surface area contributed by atoms with Crippen molar-refractivity contribution in [1.29, 1.82) is 0 Å². The van der Waals surface area contributed by atoms with Crippen molar-refractivity contribution in [3.8, 4) is 0 Å². The maximum atomic E-state index is 12.8. The van der Waals surface area contributed by atoms with Gasteiger partial charge in [0.05, 0.1) is 86.9 Å². The molecule has 0 radical (unpaired) electrons. The summed E-state index contributed by atoms with van der Waals surface area (Å²) >= 11 is 0. The van der Waals surface area contributed by atoms with E-state index in [1.165, 1.54) is 7.11 Å². The van der Waals surface area contributed by atoms with Crippen molar-refractivity contribution >= 4 is 57.2 Å². The van der Waals surface area contributed by atoms with Gasteiger partial charge in [-0.25, -0.2) is 32.4 Å². The highest BCUT2D eigenvalue weighted by molar-refractivity contribution is 7.48. The van der Waals surface area contributed by atoms with Gasteiger partial charge in [-0.1, -0.05) is 69.2 Å². The Morgan fingerprint density at radius 3 is 1.19 bits per heavy atom. The Kier molecular flexibility index (Phi) is 61.1. The Hall–Kier alpha value is -1.52. The first kappa shape index (κ1) is 82.8. The van der Waals surface area contributed by atoms with E-state index in [2.05, 4.69) is 43.5 Å². The number of alkyl carbamates (subject to hydrolysis) is 2. The summed E-state index contributed by atoms with van der Waals surface area (Å²) in [5.41, 5.74) is 0.